The monoisotopic (exact) mass is 216 g/mol. The molecule has 0 aliphatic rings. The Bertz CT molecular complexity index is 488. The van der Waals surface area contributed by atoms with E-state index < -0.39 is 0 Å². The van der Waals surface area contributed by atoms with E-state index in [0.29, 0.717) is 0 Å². The summed E-state index contributed by atoms with van der Waals surface area (Å²) >= 11 is 0. The normalized spacial score (nSPS) is 10.7. The molecule has 1 aromatic carbocycles. The van der Waals surface area contributed by atoms with E-state index >= 15 is 0 Å². The second-order valence-electron chi connectivity index (χ2n) is 3.84. The fourth-order valence-electron chi connectivity index (χ4n) is 1.73. The van der Waals surface area contributed by atoms with Crippen molar-refractivity contribution in [2.45, 2.75) is 13.5 Å². The van der Waals surface area contributed by atoms with Gasteiger partial charge in [-0.2, -0.15) is 0 Å². The van der Waals surface area contributed by atoms with Crippen molar-refractivity contribution in [3.05, 3.63) is 35.7 Å². The van der Waals surface area contributed by atoms with E-state index in [0.717, 1.165) is 23.8 Å². The van der Waals surface area contributed by atoms with Gasteiger partial charge in [0.05, 0.1) is 6.54 Å². The van der Waals surface area contributed by atoms with Crippen LogP contribution in [0.1, 0.15) is 11.4 Å². The predicted octanol–water partition coefficient (Wildman–Crippen LogP) is 1.51. The number of aromatic nitrogens is 3. The minimum absolute atomic E-state index is 0.732. The third kappa shape index (κ3) is 1.84. The van der Waals surface area contributed by atoms with E-state index in [4.69, 9.17) is 0 Å². The van der Waals surface area contributed by atoms with Crippen molar-refractivity contribution in [1.29, 1.82) is 0 Å². The van der Waals surface area contributed by atoms with Gasteiger partial charge < -0.3 is 9.88 Å². The Kier molecular flexibility index (Phi) is 3.01. The standard InChI is InChI=1S/C12H16N4/c1-9-6-4-5-7-10(9)12-15-14-11(8-13-2)16(12)3/h4-7,13H,8H2,1-3H3. The largest absolute Gasteiger partial charge is 0.313 e. The fraction of sp³-hybridized carbons (Fsp3) is 0.333. The summed E-state index contributed by atoms with van der Waals surface area (Å²) in [7, 11) is 3.90. The molecule has 1 N–H and O–H groups in total. The lowest BCUT2D eigenvalue weighted by atomic mass is 10.1. The molecular formula is C12H16N4. The lowest BCUT2D eigenvalue weighted by Crippen LogP contribution is -2.10. The van der Waals surface area contributed by atoms with E-state index in [2.05, 4.69) is 34.6 Å². The molecular weight excluding hydrogens is 200 g/mol. The molecule has 84 valence electrons. The molecule has 0 radical (unpaired) electrons. The summed E-state index contributed by atoms with van der Waals surface area (Å²) in [4.78, 5) is 0. The number of hydrogen-bond donors (Lipinski definition) is 1. The van der Waals surface area contributed by atoms with Gasteiger partial charge in [0.1, 0.15) is 5.82 Å². The van der Waals surface area contributed by atoms with Crippen LogP contribution in [0.15, 0.2) is 24.3 Å². The van der Waals surface area contributed by atoms with E-state index in [-0.39, 0.29) is 0 Å². The SMILES string of the molecule is CNCc1nnc(-c2ccccc2C)n1C. The van der Waals surface area contributed by atoms with Gasteiger partial charge in [-0.3, -0.25) is 0 Å². The molecule has 0 aliphatic carbocycles. The van der Waals surface area contributed by atoms with Gasteiger partial charge >= 0.3 is 0 Å². The summed E-state index contributed by atoms with van der Waals surface area (Å²) in [6.07, 6.45) is 0. The van der Waals surface area contributed by atoms with E-state index in [1.165, 1.54) is 5.56 Å². The quantitative estimate of drug-likeness (QED) is 0.845. The van der Waals surface area contributed by atoms with Crippen LogP contribution < -0.4 is 5.32 Å². The van der Waals surface area contributed by atoms with Crippen LogP contribution in [0.2, 0.25) is 0 Å². The number of nitrogens with one attached hydrogen (secondary N) is 1. The van der Waals surface area contributed by atoms with Crippen LogP contribution in [0.5, 0.6) is 0 Å². The van der Waals surface area contributed by atoms with Crippen LogP contribution in [-0.4, -0.2) is 21.8 Å². The number of nitrogens with zero attached hydrogens (tertiary/aromatic N) is 3. The maximum absolute atomic E-state index is 4.24. The maximum Gasteiger partial charge on any atom is 0.163 e. The summed E-state index contributed by atoms with van der Waals surface area (Å²) in [5, 5.41) is 11.5. The van der Waals surface area contributed by atoms with Crippen LogP contribution in [0.3, 0.4) is 0 Å². The number of aryl methyl sites for hydroxylation is 1. The van der Waals surface area contributed by atoms with Gasteiger partial charge in [-0.05, 0) is 19.5 Å². The molecule has 4 heteroatoms. The van der Waals surface area contributed by atoms with Gasteiger partial charge in [0, 0.05) is 12.6 Å². The van der Waals surface area contributed by atoms with Crippen molar-refractivity contribution < 1.29 is 0 Å². The first kappa shape index (κ1) is 10.8. The maximum atomic E-state index is 4.24. The summed E-state index contributed by atoms with van der Waals surface area (Å²) in [6, 6.07) is 8.21. The highest BCUT2D eigenvalue weighted by Gasteiger charge is 2.11. The number of benzene rings is 1. The highest BCUT2D eigenvalue weighted by atomic mass is 15.3. The second kappa shape index (κ2) is 4.45. The molecule has 0 unspecified atom stereocenters. The van der Waals surface area contributed by atoms with E-state index in [1.807, 2.05) is 30.8 Å². The molecule has 2 aromatic rings. The Morgan fingerprint density at radius 2 is 2.00 bits per heavy atom. The van der Waals surface area contributed by atoms with Gasteiger partial charge in [0.25, 0.3) is 0 Å². The van der Waals surface area contributed by atoms with Crippen LogP contribution in [0.25, 0.3) is 11.4 Å². The fourth-order valence-corrected chi connectivity index (χ4v) is 1.73. The molecule has 0 atom stereocenters. The highest BCUT2D eigenvalue weighted by Crippen LogP contribution is 2.20. The number of hydrogen-bond acceptors (Lipinski definition) is 3. The van der Waals surface area contributed by atoms with Crippen LogP contribution in [0, 0.1) is 6.92 Å². The Hall–Kier alpha value is -1.68. The molecule has 1 heterocycles. The highest BCUT2D eigenvalue weighted by molar-refractivity contribution is 5.59. The first-order valence-corrected chi connectivity index (χ1v) is 5.33. The minimum atomic E-state index is 0.732. The van der Waals surface area contributed by atoms with E-state index in [1.54, 1.807) is 0 Å². The molecule has 4 nitrogen and oxygen atoms in total. The third-order valence-electron chi connectivity index (χ3n) is 2.69. The Labute approximate surface area is 95.3 Å². The smallest absolute Gasteiger partial charge is 0.163 e. The Morgan fingerprint density at radius 3 is 2.69 bits per heavy atom. The molecule has 0 bridgehead atoms. The third-order valence-corrected chi connectivity index (χ3v) is 2.69. The van der Waals surface area contributed by atoms with Crippen molar-refractivity contribution in [3.63, 3.8) is 0 Å². The zero-order valence-corrected chi connectivity index (χ0v) is 9.86. The van der Waals surface area contributed by atoms with Gasteiger partial charge in [-0.1, -0.05) is 24.3 Å². The van der Waals surface area contributed by atoms with Crippen molar-refractivity contribution in [1.82, 2.24) is 20.1 Å². The molecule has 0 fully saturated rings. The lowest BCUT2D eigenvalue weighted by molar-refractivity contribution is 0.709. The molecule has 16 heavy (non-hydrogen) atoms. The molecule has 2 rings (SSSR count). The minimum Gasteiger partial charge on any atom is -0.313 e. The van der Waals surface area contributed by atoms with Crippen molar-refractivity contribution in [3.8, 4) is 11.4 Å². The van der Waals surface area contributed by atoms with Crippen molar-refractivity contribution >= 4 is 0 Å². The molecule has 0 saturated carbocycles. The topological polar surface area (TPSA) is 42.7 Å². The molecule has 1 aromatic heterocycles. The van der Waals surface area contributed by atoms with Crippen LogP contribution in [-0.2, 0) is 13.6 Å². The summed E-state index contributed by atoms with van der Waals surface area (Å²) < 4.78 is 2.03. The first-order chi connectivity index (χ1) is 7.74. The molecule has 0 spiro atoms. The second-order valence-corrected chi connectivity index (χ2v) is 3.84. The van der Waals surface area contributed by atoms with Gasteiger partial charge in [0.2, 0.25) is 0 Å². The summed E-state index contributed by atoms with van der Waals surface area (Å²) in [5.74, 6) is 1.86. The van der Waals surface area contributed by atoms with E-state index in [9.17, 15) is 0 Å². The summed E-state index contributed by atoms with van der Waals surface area (Å²) in [5.41, 5.74) is 2.36. The number of rotatable bonds is 3. The zero-order chi connectivity index (χ0) is 11.5. The average Bonchev–Trinajstić information content (AvgIpc) is 2.62. The van der Waals surface area contributed by atoms with Crippen LogP contribution in [0.4, 0.5) is 0 Å². The van der Waals surface area contributed by atoms with Gasteiger partial charge in [-0.15, -0.1) is 10.2 Å². The van der Waals surface area contributed by atoms with Crippen LogP contribution >= 0.6 is 0 Å². The molecule has 0 aliphatic heterocycles. The predicted molar refractivity (Wildman–Crippen MR) is 63.9 cm³/mol. The summed E-state index contributed by atoms with van der Waals surface area (Å²) in [6.45, 7) is 2.82. The van der Waals surface area contributed by atoms with Crippen molar-refractivity contribution in [2.24, 2.45) is 7.05 Å². The lowest BCUT2D eigenvalue weighted by Gasteiger charge is -2.05. The van der Waals surface area contributed by atoms with Gasteiger partial charge in [-0.25, -0.2) is 0 Å². The van der Waals surface area contributed by atoms with Gasteiger partial charge in [0.15, 0.2) is 5.82 Å². The zero-order valence-electron chi connectivity index (χ0n) is 9.86. The first-order valence-electron chi connectivity index (χ1n) is 5.33. The Morgan fingerprint density at radius 1 is 1.25 bits per heavy atom. The van der Waals surface area contributed by atoms with Crippen molar-refractivity contribution in [2.75, 3.05) is 7.05 Å². The Balaban J connectivity index is 2.45. The molecule has 0 saturated heterocycles. The average molecular weight is 216 g/mol. The molecule has 0 amide bonds.